The van der Waals surface area contributed by atoms with Crippen LogP contribution in [0.4, 0.5) is 18.9 Å². The molecule has 0 spiro atoms. The Hall–Kier alpha value is -1.72. The van der Waals surface area contributed by atoms with Crippen molar-refractivity contribution in [2.24, 2.45) is 0 Å². The maximum atomic E-state index is 11.9. The quantitative estimate of drug-likeness (QED) is 0.775. The van der Waals surface area contributed by atoms with Gasteiger partial charge in [0.15, 0.2) is 0 Å². The number of hydrogen-bond acceptors (Lipinski definition) is 2. The largest absolute Gasteiger partial charge is 0.478 e. The molecule has 106 valence electrons. The first-order valence-corrected chi connectivity index (χ1v) is 5.94. The highest BCUT2D eigenvalue weighted by Gasteiger charge is 2.25. The van der Waals surface area contributed by atoms with Crippen LogP contribution in [-0.4, -0.2) is 23.8 Å². The monoisotopic (exact) mass is 275 g/mol. The van der Waals surface area contributed by atoms with Gasteiger partial charge in [-0.1, -0.05) is 0 Å². The number of rotatable bonds is 6. The SMILES string of the molecule is Cc1cc(NCCCCC(F)(F)F)ccc1C(=O)O. The van der Waals surface area contributed by atoms with E-state index in [0.717, 1.165) is 5.69 Å². The van der Waals surface area contributed by atoms with Gasteiger partial charge in [-0.25, -0.2) is 4.79 Å². The van der Waals surface area contributed by atoms with Gasteiger partial charge in [0.05, 0.1) is 5.56 Å². The van der Waals surface area contributed by atoms with Gasteiger partial charge in [0.2, 0.25) is 0 Å². The van der Waals surface area contributed by atoms with Crippen LogP contribution in [0.1, 0.15) is 35.2 Å². The summed E-state index contributed by atoms with van der Waals surface area (Å²) in [5.74, 6) is -0.991. The van der Waals surface area contributed by atoms with Crippen LogP contribution in [0.2, 0.25) is 0 Å². The topological polar surface area (TPSA) is 49.3 Å². The number of nitrogens with one attached hydrogen (secondary N) is 1. The molecule has 0 fully saturated rings. The number of alkyl halides is 3. The third-order valence-corrected chi connectivity index (χ3v) is 2.67. The zero-order valence-electron chi connectivity index (χ0n) is 10.5. The van der Waals surface area contributed by atoms with Crippen LogP contribution in [0.3, 0.4) is 0 Å². The Kier molecular flexibility index (Phi) is 5.20. The van der Waals surface area contributed by atoms with Gasteiger partial charge in [-0.2, -0.15) is 13.2 Å². The number of unbranched alkanes of at least 4 members (excludes halogenated alkanes) is 1. The molecule has 0 aliphatic carbocycles. The molecule has 0 aliphatic heterocycles. The van der Waals surface area contributed by atoms with Crippen LogP contribution in [0.15, 0.2) is 18.2 Å². The summed E-state index contributed by atoms with van der Waals surface area (Å²) in [6.45, 7) is 2.11. The summed E-state index contributed by atoms with van der Waals surface area (Å²) in [4.78, 5) is 10.8. The van der Waals surface area contributed by atoms with Crippen LogP contribution < -0.4 is 5.32 Å². The highest BCUT2D eigenvalue weighted by Crippen LogP contribution is 2.22. The summed E-state index contributed by atoms with van der Waals surface area (Å²) in [5, 5.41) is 11.8. The number of carbonyl (C=O) groups is 1. The minimum atomic E-state index is -4.10. The van der Waals surface area contributed by atoms with Crippen LogP contribution in [0, 0.1) is 6.92 Å². The number of halogens is 3. The molecule has 0 heterocycles. The maximum absolute atomic E-state index is 11.9. The second kappa shape index (κ2) is 6.45. The van der Waals surface area contributed by atoms with E-state index in [2.05, 4.69) is 5.32 Å². The van der Waals surface area contributed by atoms with Crippen LogP contribution >= 0.6 is 0 Å². The standard InChI is InChI=1S/C13H16F3NO2/c1-9-8-10(4-5-11(9)12(18)19)17-7-3-2-6-13(14,15)16/h4-5,8,17H,2-3,6-7H2,1H3,(H,18,19). The molecule has 0 bridgehead atoms. The Morgan fingerprint density at radius 2 is 2.00 bits per heavy atom. The molecule has 0 atom stereocenters. The van der Waals surface area contributed by atoms with E-state index in [-0.39, 0.29) is 12.0 Å². The van der Waals surface area contributed by atoms with Crippen molar-refractivity contribution in [3.8, 4) is 0 Å². The number of anilines is 1. The number of benzene rings is 1. The van der Waals surface area contributed by atoms with Gasteiger partial charge in [0, 0.05) is 18.7 Å². The molecule has 1 aromatic rings. The van der Waals surface area contributed by atoms with E-state index >= 15 is 0 Å². The first-order valence-electron chi connectivity index (χ1n) is 5.94. The minimum absolute atomic E-state index is 0.0860. The number of hydrogen-bond donors (Lipinski definition) is 2. The summed E-state index contributed by atoms with van der Waals surface area (Å²) < 4.78 is 35.7. The molecule has 1 rings (SSSR count). The zero-order chi connectivity index (χ0) is 14.5. The summed E-state index contributed by atoms with van der Waals surface area (Å²) in [6, 6.07) is 4.77. The lowest BCUT2D eigenvalue weighted by Crippen LogP contribution is -2.09. The lowest BCUT2D eigenvalue weighted by molar-refractivity contribution is -0.135. The molecular weight excluding hydrogens is 259 g/mol. The van der Waals surface area contributed by atoms with Crippen molar-refractivity contribution < 1.29 is 23.1 Å². The van der Waals surface area contributed by atoms with Gasteiger partial charge in [-0.05, 0) is 43.5 Å². The predicted molar refractivity (Wildman–Crippen MR) is 66.5 cm³/mol. The van der Waals surface area contributed by atoms with E-state index in [1.54, 1.807) is 19.1 Å². The second-order valence-electron chi connectivity index (χ2n) is 4.33. The van der Waals surface area contributed by atoms with Gasteiger partial charge < -0.3 is 10.4 Å². The van der Waals surface area contributed by atoms with Gasteiger partial charge in [0.1, 0.15) is 0 Å². The van der Waals surface area contributed by atoms with Crippen molar-refractivity contribution in [2.75, 3.05) is 11.9 Å². The van der Waals surface area contributed by atoms with Gasteiger partial charge in [-0.3, -0.25) is 0 Å². The smallest absolute Gasteiger partial charge is 0.389 e. The molecule has 6 heteroatoms. The third kappa shape index (κ3) is 5.63. The maximum Gasteiger partial charge on any atom is 0.389 e. The van der Waals surface area contributed by atoms with Crippen molar-refractivity contribution in [1.29, 1.82) is 0 Å². The van der Waals surface area contributed by atoms with Gasteiger partial charge in [-0.15, -0.1) is 0 Å². The number of carboxylic acids is 1. The lowest BCUT2D eigenvalue weighted by Gasteiger charge is -2.09. The second-order valence-corrected chi connectivity index (χ2v) is 4.33. The van der Waals surface area contributed by atoms with Crippen molar-refractivity contribution in [3.05, 3.63) is 29.3 Å². The molecule has 0 aromatic heterocycles. The molecule has 0 saturated carbocycles. The molecule has 0 unspecified atom stereocenters. The van der Waals surface area contributed by atoms with E-state index in [9.17, 15) is 18.0 Å². The highest BCUT2D eigenvalue weighted by molar-refractivity contribution is 5.89. The average molecular weight is 275 g/mol. The van der Waals surface area contributed by atoms with Crippen molar-refractivity contribution in [3.63, 3.8) is 0 Å². The summed E-state index contributed by atoms with van der Waals surface area (Å²) in [5.41, 5.74) is 1.56. The Morgan fingerprint density at radius 1 is 1.32 bits per heavy atom. The fourth-order valence-electron chi connectivity index (χ4n) is 1.70. The normalized spacial score (nSPS) is 11.4. The van der Waals surface area contributed by atoms with E-state index in [4.69, 9.17) is 5.11 Å². The Bertz CT molecular complexity index is 444. The first kappa shape index (κ1) is 15.3. The fourth-order valence-corrected chi connectivity index (χ4v) is 1.70. The Labute approximate surface area is 109 Å². The van der Waals surface area contributed by atoms with Crippen LogP contribution in [0.5, 0.6) is 0 Å². The number of carboxylic acid groups (broad SMARTS) is 1. The van der Waals surface area contributed by atoms with E-state index < -0.39 is 18.6 Å². The predicted octanol–water partition coefficient (Wildman–Crippen LogP) is 3.84. The van der Waals surface area contributed by atoms with Crippen molar-refractivity contribution in [2.45, 2.75) is 32.4 Å². The third-order valence-electron chi connectivity index (χ3n) is 2.67. The lowest BCUT2D eigenvalue weighted by atomic mass is 10.1. The minimum Gasteiger partial charge on any atom is -0.478 e. The van der Waals surface area contributed by atoms with Crippen molar-refractivity contribution >= 4 is 11.7 Å². The molecule has 0 saturated heterocycles. The van der Waals surface area contributed by atoms with E-state index in [1.165, 1.54) is 6.07 Å². The van der Waals surface area contributed by atoms with E-state index in [1.807, 2.05) is 0 Å². The van der Waals surface area contributed by atoms with Crippen LogP contribution in [-0.2, 0) is 0 Å². The van der Waals surface area contributed by atoms with Crippen molar-refractivity contribution in [1.82, 2.24) is 0 Å². The van der Waals surface area contributed by atoms with E-state index in [0.29, 0.717) is 18.5 Å². The molecule has 0 radical (unpaired) electrons. The molecule has 19 heavy (non-hydrogen) atoms. The fraction of sp³-hybridized carbons (Fsp3) is 0.462. The highest BCUT2D eigenvalue weighted by atomic mass is 19.4. The molecule has 1 aromatic carbocycles. The first-order chi connectivity index (χ1) is 8.79. The Balaban J connectivity index is 2.38. The summed E-state index contributed by atoms with van der Waals surface area (Å²) in [6.07, 6.45) is -4.37. The number of aryl methyl sites for hydroxylation is 1. The average Bonchev–Trinajstić information content (AvgIpc) is 2.26. The number of aromatic carboxylic acids is 1. The molecular formula is C13H16F3NO2. The molecule has 2 N–H and O–H groups in total. The van der Waals surface area contributed by atoms with Gasteiger partial charge >= 0.3 is 12.1 Å². The summed E-state index contributed by atoms with van der Waals surface area (Å²) >= 11 is 0. The molecule has 3 nitrogen and oxygen atoms in total. The van der Waals surface area contributed by atoms with Crippen LogP contribution in [0.25, 0.3) is 0 Å². The zero-order valence-corrected chi connectivity index (χ0v) is 10.5. The van der Waals surface area contributed by atoms with Gasteiger partial charge in [0.25, 0.3) is 0 Å². The molecule has 0 aliphatic rings. The molecule has 0 amide bonds. The Morgan fingerprint density at radius 3 is 2.53 bits per heavy atom. The summed E-state index contributed by atoms with van der Waals surface area (Å²) in [7, 11) is 0.